The average molecular weight is 314 g/mol. The van der Waals surface area contributed by atoms with Crippen molar-refractivity contribution in [1.29, 1.82) is 0 Å². The molecule has 0 aromatic heterocycles. The number of carbonyl (C=O) groups is 1. The molecule has 0 bridgehead atoms. The highest BCUT2D eigenvalue weighted by molar-refractivity contribution is 9.10. The largest absolute Gasteiger partial charge is 0.305 e. The number of nitrogens with one attached hydrogen (secondary N) is 1. The number of Topliss-reactive ketones (excluding diaryl/α,β-unsaturated/α-hetero) is 1. The summed E-state index contributed by atoms with van der Waals surface area (Å²) in [5.41, 5.74) is 0.327. The zero-order chi connectivity index (χ0) is 13.2. The first-order valence-corrected chi connectivity index (χ1v) is 7.09. The van der Waals surface area contributed by atoms with Gasteiger partial charge in [0.15, 0.2) is 5.78 Å². The Hall–Kier alpha value is -0.740. The summed E-state index contributed by atoms with van der Waals surface area (Å²) in [7, 11) is 0. The van der Waals surface area contributed by atoms with E-state index in [2.05, 4.69) is 21.2 Å². The molecule has 0 radical (unpaired) electrons. The van der Waals surface area contributed by atoms with Crippen molar-refractivity contribution in [3.05, 3.63) is 34.1 Å². The van der Waals surface area contributed by atoms with Crippen LogP contribution in [0.2, 0.25) is 0 Å². The Balaban J connectivity index is 2.18. The molecule has 1 unspecified atom stereocenters. The second-order valence-corrected chi connectivity index (χ2v) is 5.57. The summed E-state index contributed by atoms with van der Waals surface area (Å²) in [5.74, 6) is -0.154. The van der Waals surface area contributed by atoms with Gasteiger partial charge in [-0.2, -0.15) is 0 Å². The van der Waals surface area contributed by atoms with Crippen LogP contribution in [-0.4, -0.2) is 17.9 Å². The Morgan fingerprint density at radius 3 is 2.94 bits per heavy atom. The molecule has 1 N–H and O–H groups in total. The molecule has 1 aliphatic heterocycles. The van der Waals surface area contributed by atoms with E-state index < -0.39 is 5.54 Å². The first-order chi connectivity index (χ1) is 8.59. The lowest BCUT2D eigenvalue weighted by molar-refractivity contribution is -0.124. The molecule has 1 fully saturated rings. The van der Waals surface area contributed by atoms with E-state index >= 15 is 0 Å². The molecule has 1 aromatic carbocycles. The number of halogens is 2. The average Bonchev–Trinajstić information content (AvgIpc) is 2.85. The molecule has 1 aliphatic rings. The van der Waals surface area contributed by atoms with Gasteiger partial charge in [-0.15, -0.1) is 0 Å². The van der Waals surface area contributed by atoms with Crippen molar-refractivity contribution in [2.45, 2.75) is 38.1 Å². The molecule has 98 valence electrons. The Morgan fingerprint density at radius 2 is 2.33 bits per heavy atom. The van der Waals surface area contributed by atoms with Crippen LogP contribution in [0.4, 0.5) is 4.39 Å². The third-order valence-corrected chi connectivity index (χ3v) is 4.65. The van der Waals surface area contributed by atoms with Crippen molar-refractivity contribution in [3.8, 4) is 0 Å². The number of ketones is 1. The Labute approximate surface area is 115 Å². The zero-order valence-corrected chi connectivity index (χ0v) is 12.0. The van der Waals surface area contributed by atoms with Gasteiger partial charge in [0.25, 0.3) is 0 Å². The molecule has 1 saturated heterocycles. The highest BCUT2D eigenvalue weighted by Crippen LogP contribution is 2.28. The summed E-state index contributed by atoms with van der Waals surface area (Å²) in [4.78, 5) is 12.4. The van der Waals surface area contributed by atoms with Crippen molar-refractivity contribution in [2.24, 2.45) is 0 Å². The number of carbonyl (C=O) groups excluding carboxylic acids is 1. The van der Waals surface area contributed by atoms with Crippen LogP contribution in [0, 0.1) is 5.82 Å². The van der Waals surface area contributed by atoms with Gasteiger partial charge in [-0.05, 0) is 53.4 Å². The van der Waals surface area contributed by atoms with E-state index in [9.17, 15) is 9.18 Å². The Kier molecular flexibility index (Phi) is 4.17. The third kappa shape index (κ3) is 2.50. The zero-order valence-electron chi connectivity index (χ0n) is 10.4. The van der Waals surface area contributed by atoms with Crippen molar-refractivity contribution in [3.63, 3.8) is 0 Å². The summed E-state index contributed by atoms with van der Waals surface area (Å²) in [5, 5.41) is 3.32. The molecule has 0 aliphatic carbocycles. The van der Waals surface area contributed by atoms with Gasteiger partial charge in [0.1, 0.15) is 5.82 Å². The number of hydrogen-bond donors (Lipinski definition) is 1. The fourth-order valence-electron chi connectivity index (χ4n) is 2.57. The van der Waals surface area contributed by atoms with Gasteiger partial charge in [0.05, 0.1) is 10.0 Å². The SMILES string of the molecule is CCC1(C(=O)Cc2cccc(F)c2Br)CCCN1. The minimum atomic E-state index is -0.397. The van der Waals surface area contributed by atoms with E-state index in [0.29, 0.717) is 4.47 Å². The second kappa shape index (κ2) is 5.49. The molecular formula is C14H17BrFNO. The molecule has 0 spiro atoms. The quantitative estimate of drug-likeness (QED) is 0.924. The molecule has 2 rings (SSSR count). The molecule has 1 heterocycles. The van der Waals surface area contributed by atoms with Gasteiger partial charge in [-0.3, -0.25) is 4.79 Å². The molecule has 1 aromatic rings. The summed E-state index contributed by atoms with van der Waals surface area (Å²) in [6, 6.07) is 4.83. The first kappa shape index (κ1) is 13.7. The monoisotopic (exact) mass is 313 g/mol. The van der Waals surface area contributed by atoms with E-state index in [0.717, 1.165) is 31.4 Å². The third-order valence-electron chi connectivity index (χ3n) is 3.76. The predicted octanol–water partition coefficient (Wildman–Crippen LogP) is 3.23. The Bertz CT molecular complexity index is 455. The van der Waals surface area contributed by atoms with Crippen LogP contribution in [0.25, 0.3) is 0 Å². The molecule has 18 heavy (non-hydrogen) atoms. The highest BCUT2D eigenvalue weighted by Gasteiger charge is 2.38. The van der Waals surface area contributed by atoms with Crippen molar-refractivity contribution in [2.75, 3.05) is 6.54 Å². The number of benzene rings is 1. The lowest BCUT2D eigenvalue weighted by atomic mass is 9.86. The lowest BCUT2D eigenvalue weighted by Crippen LogP contribution is -2.47. The molecule has 4 heteroatoms. The lowest BCUT2D eigenvalue weighted by Gasteiger charge is -2.26. The van der Waals surface area contributed by atoms with Crippen LogP contribution in [0.3, 0.4) is 0 Å². The topological polar surface area (TPSA) is 29.1 Å². The van der Waals surface area contributed by atoms with Crippen LogP contribution in [0.5, 0.6) is 0 Å². The molecular weight excluding hydrogens is 297 g/mol. The Morgan fingerprint density at radius 1 is 1.56 bits per heavy atom. The normalized spacial score (nSPS) is 23.3. The van der Waals surface area contributed by atoms with Crippen LogP contribution >= 0.6 is 15.9 Å². The minimum Gasteiger partial charge on any atom is -0.305 e. The van der Waals surface area contributed by atoms with Gasteiger partial charge in [0, 0.05) is 6.42 Å². The molecule has 2 nitrogen and oxygen atoms in total. The highest BCUT2D eigenvalue weighted by atomic mass is 79.9. The van der Waals surface area contributed by atoms with Gasteiger partial charge in [-0.1, -0.05) is 19.1 Å². The van der Waals surface area contributed by atoms with Crippen LogP contribution in [-0.2, 0) is 11.2 Å². The maximum Gasteiger partial charge on any atom is 0.157 e. The van der Waals surface area contributed by atoms with E-state index in [1.54, 1.807) is 12.1 Å². The standard InChI is InChI=1S/C14H17BrFNO/c1-2-14(7-4-8-17-14)12(18)9-10-5-3-6-11(16)13(10)15/h3,5-6,17H,2,4,7-9H2,1H3. The molecule has 1 atom stereocenters. The van der Waals surface area contributed by atoms with Crippen LogP contribution in [0.1, 0.15) is 31.7 Å². The van der Waals surface area contributed by atoms with Crippen molar-refractivity contribution < 1.29 is 9.18 Å². The summed E-state index contributed by atoms with van der Waals surface area (Å²) < 4.78 is 13.8. The maximum atomic E-state index is 13.4. The fraction of sp³-hybridized carbons (Fsp3) is 0.500. The second-order valence-electron chi connectivity index (χ2n) is 4.78. The first-order valence-electron chi connectivity index (χ1n) is 6.30. The number of rotatable bonds is 4. The maximum absolute atomic E-state index is 13.4. The van der Waals surface area contributed by atoms with E-state index in [1.165, 1.54) is 6.07 Å². The summed E-state index contributed by atoms with van der Waals surface area (Å²) in [6.45, 7) is 2.92. The summed E-state index contributed by atoms with van der Waals surface area (Å²) in [6.07, 6.45) is 2.98. The van der Waals surface area contributed by atoms with Gasteiger partial charge >= 0.3 is 0 Å². The van der Waals surface area contributed by atoms with Crippen molar-refractivity contribution in [1.82, 2.24) is 5.32 Å². The van der Waals surface area contributed by atoms with E-state index in [4.69, 9.17) is 0 Å². The van der Waals surface area contributed by atoms with Crippen LogP contribution in [0.15, 0.2) is 22.7 Å². The summed E-state index contributed by atoms with van der Waals surface area (Å²) >= 11 is 3.21. The molecule has 0 amide bonds. The van der Waals surface area contributed by atoms with Crippen LogP contribution < -0.4 is 5.32 Å². The predicted molar refractivity (Wildman–Crippen MR) is 73.1 cm³/mol. The van der Waals surface area contributed by atoms with Gasteiger partial charge < -0.3 is 5.32 Å². The van der Waals surface area contributed by atoms with Gasteiger partial charge in [0.2, 0.25) is 0 Å². The number of hydrogen-bond acceptors (Lipinski definition) is 2. The van der Waals surface area contributed by atoms with Gasteiger partial charge in [-0.25, -0.2) is 4.39 Å². The minimum absolute atomic E-state index is 0.161. The van der Waals surface area contributed by atoms with E-state index in [1.807, 2.05) is 6.92 Å². The fourth-order valence-corrected chi connectivity index (χ4v) is 2.97. The van der Waals surface area contributed by atoms with E-state index in [-0.39, 0.29) is 18.0 Å². The van der Waals surface area contributed by atoms with Crippen molar-refractivity contribution >= 4 is 21.7 Å². The molecule has 0 saturated carbocycles. The smallest absolute Gasteiger partial charge is 0.157 e.